The molecule has 4 heteroatoms. The molecule has 0 amide bonds. The highest BCUT2D eigenvalue weighted by Crippen LogP contribution is 2.09. The Morgan fingerprint density at radius 3 is 2.65 bits per heavy atom. The molecule has 2 aromatic heterocycles. The van der Waals surface area contributed by atoms with E-state index in [1.54, 1.807) is 12.4 Å². The topological polar surface area (TPSA) is 50.7 Å². The lowest BCUT2D eigenvalue weighted by Crippen LogP contribution is -2.05. The van der Waals surface area contributed by atoms with Crippen LogP contribution in [0.15, 0.2) is 30.6 Å². The minimum atomic E-state index is 0.739. The average molecular weight is 228 g/mol. The van der Waals surface area contributed by atoms with Gasteiger partial charge < -0.3 is 5.32 Å². The van der Waals surface area contributed by atoms with Crippen LogP contribution in [-0.4, -0.2) is 21.5 Å². The summed E-state index contributed by atoms with van der Waals surface area (Å²) in [6.07, 6.45) is 4.31. The summed E-state index contributed by atoms with van der Waals surface area (Å²) in [6.45, 7) is 4.91. The second-order valence-corrected chi connectivity index (χ2v) is 3.87. The van der Waals surface area contributed by atoms with E-state index >= 15 is 0 Å². The van der Waals surface area contributed by atoms with Crippen molar-refractivity contribution in [2.45, 2.75) is 20.3 Å². The van der Waals surface area contributed by atoms with Crippen molar-refractivity contribution in [3.05, 3.63) is 47.7 Å². The van der Waals surface area contributed by atoms with Gasteiger partial charge in [-0.1, -0.05) is 0 Å². The molecule has 1 N–H and O–H groups in total. The molecular formula is C13H16N4. The fourth-order valence-electron chi connectivity index (χ4n) is 1.66. The second-order valence-electron chi connectivity index (χ2n) is 3.87. The van der Waals surface area contributed by atoms with Crippen LogP contribution in [0.4, 0.5) is 5.82 Å². The Morgan fingerprint density at radius 1 is 1.18 bits per heavy atom. The van der Waals surface area contributed by atoms with Gasteiger partial charge in [-0.25, -0.2) is 9.97 Å². The highest BCUT2D eigenvalue weighted by Gasteiger charge is 2.02. The van der Waals surface area contributed by atoms with Crippen LogP contribution in [0.1, 0.15) is 24.0 Å². The van der Waals surface area contributed by atoms with E-state index in [-0.39, 0.29) is 0 Å². The summed E-state index contributed by atoms with van der Waals surface area (Å²) in [5.41, 5.74) is 2.16. The largest absolute Gasteiger partial charge is 0.370 e. The molecule has 0 atom stereocenters. The number of hydrogen-bond donors (Lipinski definition) is 1. The van der Waals surface area contributed by atoms with Gasteiger partial charge in [-0.3, -0.25) is 4.98 Å². The Balaban J connectivity index is 2.21. The fraction of sp³-hybridized carbons (Fsp3) is 0.308. The van der Waals surface area contributed by atoms with Crippen molar-refractivity contribution < 1.29 is 0 Å². The molecule has 0 spiro atoms. The summed E-state index contributed by atoms with van der Waals surface area (Å²) >= 11 is 0. The number of anilines is 1. The van der Waals surface area contributed by atoms with E-state index in [0.717, 1.165) is 30.3 Å². The molecule has 2 heterocycles. The first-order valence-corrected chi connectivity index (χ1v) is 5.75. The lowest BCUT2D eigenvalue weighted by molar-refractivity contribution is 0.936. The molecule has 4 nitrogen and oxygen atoms in total. The Kier molecular flexibility index (Phi) is 3.65. The third kappa shape index (κ3) is 3.24. The van der Waals surface area contributed by atoms with Gasteiger partial charge >= 0.3 is 0 Å². The van der Waals surface area contributed by atoms with Crippen molar-refractivity contribution in [2.24, 2.45) is 0 Å². The third-order valence-corrected chi connectivity index (χ3v) is 2.37. The molecule has 0 fully saturated rings. The van der Waals surface area contributed by atoms with Crippen LogP contribution >= 0.6 is 0 Å². The maximum atomic E-state index is 4.48. The number of pyridine rings is 1. The van der Waals surface area contributed by atoms with Gasteiger partial charge in [0.2, 0.25) is 0 Å². The molecular weight excluding hydrogens is 212 g/mol. The van der Waals surface area contributed by atoms with Gasteiger partial charge in [0.1, 0.15) is 11.6 Å². The summed E-state index contributed by atoms with van der Waals surface area (Å²) in [4.78, 5) is 12.9. The number of rotatable bonds is 4. The van der Waals surface area contributed by atoms with Crippen LogP contribution in [0, 0.1) is 6.92 Å². The maximum Gasteiger partial charge on any atom is 0.135 e. The van der Waals surface area contributed by atoms with E-state index in [1.807, 2.05) is 25.1 Å². The minimum Gasteiger partial charge on any atom is -0.370 e. The Hall–Kier alpha value is -1.97. The Labute approximate surface area is 101 Å². The Bertz CT molecular complexity index is 482. The summed E-state index contributed by atoms with van der Waals surface area (Å²) in [5, 5.41) is 3.21. The fourth-order valence-corrected chi connectivity index (χ4v) is 1.66. The number of aryl methyl sites for hydroxylation is 1. The van der Waals surface area contributed by atoms with Crippen molar-refractivity contribution in [1.82, 2.24) is 15.0 Å². The van der Waals surface area contributed by atoms with Crippen LogP contribution in [0.25, 0.3) is 0 Å². The number of nitrogens with zero attached hydrogens (tertiary/aromatic N) is 3. The van der Waals surface area contributed by atoms with E-state index in [4.69, 9.17) is 0 Å². The van der Waals surface area contributed by atoms with Gasteiger partial charge in [0, 0.05) is 37.1 Å². The Morgan fingerprint density at radius 2 is 1.94 bits per heavy atom. The predicted molar refractivity (Wildman–Crippen MR) is 68.0 cm³/mol. The zero-order valence-corrected chi connectivity index (χ0v) is 10.1. The van der Waals surface area contributed by atoms with E-state index in [1.165, 1.54) is 5.56 Å². The predicted octanol–water partition coefficient (Wildman–Crippen LogP) is 2.20. The summed E-state index contributed by atoms with van der Waals surface area (Å²) in [5.74, 6) is 1.73. The van der Waals surface area contributed by atoms with Crippen molar-refractivity contribution in [1.29, 1.82) is 0 Å². The van der Waals surface area contributed by atoms with Crippen LogP contribution in [-0.2, 0) is 6.42 Å². The average Bonchev–Trinajstić information content (AvgIpc) is 2.30. The molecule has 2 aromatic rings. The van der Waals surface area contributed by atoms with Crippen LogP contribution in [0.2, 0.25) is 0 Å². The van der Waals surface area contributed by atoms with Gasteiger partial charge in [-0.05, 0) is 31.5 Å². The van der Waals surface area contributed by atoms with Crippen LogP contribution in [0.3, 0.4) is 0 Å². The molecule has 0 aliphatic heterocycles. The quantitative estimate of drug-likeness (QED) is 0.871. The first-order chi connectivity index (χ1) is 8.28. The zero-order chi connectivity index (χ0) is 12.1. The van der Waals surface area contributed by atoms with E-state index in [0.29, 0.717) is 0 Å². The molecule has 0 saturated heterocycles. The summed E-state index contributed by atoms with van der Waals surface area (Å²) in [6, 6.07) is 5.93. The molecule has 0 aromatic carbocycles. The second kappa shape index (κ2) is 5.39. The molecule has 0 unspecified atom stereocenters. The summed E-state index contributed by atoms with van der Waals surface area (Å²) in [7, 11) is 0. The van der Waals surface area contributed by atoms with Crippen molar-refractivity contribution in [3.8, 4) is 0 Å². The highest BCUT2D eigenvalue weighted by molar-refractivity contribution is 5.36. The van der Waals surface area contributed by atoms with Gasteiger partial charge in [0.05, 0.1) is 0 Å². The van der Waals surface area contributed by atoms with Crippen LogP contribution < -0.4 is 5.32 Å². The monoisotopic (exact) mass is 228 g/mol. The van der Waals surface area contributed by atoms with E-state index in [2.05, 4.69) is 27.2 Å². The van der Waals surface area contributed by atoms with E-state index in [9.17, 15) is 0 Å². The van der Waals surface area contributed by atoms with Crippen molar-refractivity contribution in [2.75, 3.05) is 11.9 Å². The lowest BCUT2D eigenvalue weighted by atomic mass is 10.2. The molecule has 88 valence electrons. The maximum absolute atomic E-state index is 4.48. The lowest BCUT2D eigenvalue weighted by Gasteiger charge is -2.06. The van der Waals surface area contributed by atoms with Gasteiger partial charge in [0.15, 0.2) is 0 Å². The van der Waals surface area contributed by atoms with Crippen molar-refractivity contribution >= 4 is 5.82 Å². The smallest absolute Gasteiger partial charge is 0.135 e. The molecule has 2 rings (SSSR count). The van der Waals surface area contributed by atoms with E-state index < -0.39 is 0 Å². The summed E-state index contributed by atoms with van der Waals surface area (Å²) < 4.78 is 0. The van der Waals surface area contributed by atoms with Gasteiger partial charge in [-0.2, -0.15) is 0 Å². The molecule has 0 aliphatic rings. The zero-order valence-electron chi connectivity index (χ0n) is 10.1. The highest BCUT2D eigenvalue weighted by atomic mass is 15.0. The molecule has 17 heavy (non-hydrogen) atoms. The SMILES string of the molecule is CCNc1cc(C)nc(Cc2ccncc2)n1. The molecule has 0 aliphatic carbocycles. The number of hydrogen-bond acceptors (Lipinski definition) is 4. The first-order valence-electron chi connectivity index (χ1n) is 5.75. The molecule has 0 bridgehead atoms. The molecule has 0 saturated carbocycles. The standard InChI is InChI=1S/C13H16N4/c1-3-15-12-8-10(2)16-13(17-12)9-11-4-6-14-7-5-11/h4-8H,3,9H2,1-2H3,(H,15,16,17). The van der Waals surface area contributed by atoms with Crippen molar-refractivity contribution in [3.63, 3.8) is 0 Å². The number of aromatic nitrogens is 3. The van der Waals surface area contributed by atoms with Gasteiger partial charge in [0.25, 0.3) is 0 Å². The molecule has 0 radical (unpaired) electrons. The first kappa shape index (κ1) is 11.5. The van der Waals surface area contributed by atoms with Crippen LogP contribution in [0.5, 0.6) is 0 Å². The number of nitrogens with one attached hydrogen (secondary N) is 1. The third-order valence-electron chi connectivity index (χ3n) is 2.37. The normalized spacial score (nSPS) is 10.2. The minimum absolute atomic E-state index is 0.739. The van der Waals surface area contributed by atoms with Gasteiger partial charge in [-0.15, -0.1) is 0 Å².